The van der Waals surface area contributed by atoms with Crippen LogP contribution in [0.25, 0.3) is 0 Å². The van der Waals surface area contributed by atoms with Gasteiger partial charge in [-0.25, -0.2) is 4.79 Å². The molecule has 0 spiro atoms. The van der Waals surface area contributed by atoms with Crippen molar-refractivity contribution in [2.24, 2.45) is 16.7 Å². The van der Waals surface area contributed by atoms with Crippen LogP contribution in [0.1, 0.15) is 50.4 Å². The number of aliphatic carboxylic acids is 1. The normalized spacial score (nSPS) is 22.6. The molecule has 12 heteroatoms. The lowest BCUT2D eigenvalue weighted by molar-refractivity contribution is -0.156. The molecule has 3 amide bonds. The Morgan fingerprint density at radius 1 is 1.05 bits per heavy atom. The molecule has 1 fully saturated rings. The SMILES string of the molecule is COC(=O)[C@@H](CC(=O)N1C=CN(C(=O)c2c(Cl)cccc2Cl)C=C1)NC(=O)[C@H]1CC[C@](C)(C(=O)O)C1(C)C. The number of amides is 3. The number of esters is 1. The number of rotatable bonds is 7. The second-order valence-electron chi connectivity index (χ2n) is 9.95. The molecular formula is C26H29Cl2N3O7. The van der Waals surface area contributed by atoms with Gasteiger partial charge in [0.25, 0.3) is 5.91 Å². The predicted molar refractivity (Wildman–Crippen MR) is 139 cm³/mol. The Balaban J connectivity index is 1.69. The lowest BCUT2D eigenvalue weighted by Crippen LogP contribution is -2.50. The van der Waals surface area contributed by atoms with Gasteiger partial charge in [0.15, 0.2) is 0 Å². The first kappa shape index (κ1) is 29.2. The Hall–Kier alpha value is -3.37. The van der Waals surface area contributed by atoms with Gasteiger partial charge < -0.3 is 15.2 Å². The van der Waals surface area contributed by atoms with Gasteiger partial charge in [-0.2, -0.15) is 0 Å². The number of carboxylic acids is 1. The Kier molecular flexibility index (Phi) is 8.58. The smallest absolute Gasteiger partial charge is 0.328 e. The molecule has 2 aliphatic rings. The van der Waals surface area contributed by atoms with E-state index in [1.165, 1.54) is 41.8 Å². The summed E-state index contributed by atoms with van der Waals surface area (Å²) in [4.78, 5) is 65.5. The van der Waals surface area contributed by atoms with E-state index in [1.807, 2.05) is 0 Å². The summed E-state index contributed by atoms with van der Waals surface area (Å²) in [6, 6.07) is 3.38. The van der Waals surface area contributed by atoms with Gasteiger partial charge >= 0.3 is 11.9 Å². The monoisotopic (exact) mass is 565 g/mol. The number of methoxy groups -OCH3 is 1. The van der Waals surface area contributed by atoms with Crippen LogP contribution in [0.2, 0.25) is 10.0 Å². The van der Waals surface area contributed by atoms with Crippen LogP contribution < -0.4 is 5.32 Å². The molecular weight excluding hydrogens is 537 g/mol. The van der Waals surface area contributed by atoms with Crippen LogP contribution in [-0.4, -0.2) is 57.7 Å². The lowest BCUT2D eigenvalue weighted by Gasteiger charge is -2.38. The molecule has 1 saturated carbocycles. The highest BCUT2D eigenvalue weighted by atomic mass is 35.5. The number of hydrogen-bond acceptors (Lipinski definition) is 6. The van der Waals surface area contributed by atoms with Gasteiger partial charge in [0.05, 0.1) is 34.6 Å². The predicted octanol–water partition coefficient (Wildman–Crippen LogP) is 3.80. The second-order valence-corrected chi connectivity index (χ2v) is 10.8. The van der Waals surface area contributed by atoms with Crippen molar-refractivity contribution in [2.45, 2.75) is 46.1 Å². The average Bonchev–Trinajstić information content (AvgIpc) is 3.12. The van der Waals surface area contributed by atoms with Crippen molar-refractivity contribution >= 4 is 52.9 Å². The number of halogens is 2. The number of nitrogens with zero attached hydrogens (tertiary/aromatic N) is 2. The molecule has 0 bridgehead atoms. The third-order valence-electron chi connectivity index (χ3n) is 7.67. The third-order valence-corrected chi connectivity index (χ3v) is 8.30. The van der Waals surface area contributed by atoms with Crippen LogP contribution in [0.15, 0.2) is 43.0 Å². The largest absolute Gasteiger partial charge is 0.481 e. The number of carboxylic acid groups (broad SMARTS) is 1. The van der Waals surface area contributed by atoms with Crippen LogP contribution in [0.4, 0.5) is 0 Å². The third kappa shape index (κ3) is 5.42. The molecule has 2 N–H and O–H groups in total. The molecule has 0 aromatic heterocycles. The molecule has 3 rings (SSSR count). The highest BCUT2D eigenvalue weighted by Crippen LogP contribution is 2.56. The zero-order valence-electron chi connectivity index (χ0n) is 21.4. The van der Waals surface area contributed by atoms with Gasteiger partial charge in [-0.3, -0.25) is 29.0 Å². The van der Waals surface area contributed by atoms with Crippen molar-refractivity contribution < 1.29 is 33.8 Å². The summed E-state index contributed by atoms with van der Waals surface area (Å²) >= 11 is 12.2. The van der Waals surface area contributed by atoms with E-state index < -0.39 is 58.9 Å². The standard InChI is InChI=1S/C26H29Cl2N3O7/c1-25(2)15(8-9-26(25,3)24(36)37)21(33)29-18(23(35)38-4)14-19(32)30-10-12-31(13-11-30)22(34)20-16(27)6-5-7-17(20)28/h5-7,10-13,15,18H,8-9,14H2,1-4H3,(H,29,33)(H,36,37)/t15-,18-,26-/m1/s1. The van der Waals surface area contributed by atoms with Gasteiger partial charge in [0.1, 0.15) is 6.04 Å². The number of ether oxygens (including phenoxy) is 1. The molecule has 0 unspecified atom stereocenters. The first-order valence-corrected chi connectivity index (χ1v) is 12.6. The van der Waals surface area contributed by atoms with E-state index in [0.717, 1.165) is 12.0 Å². The van der Waals surface area contributed by atoms with Gasteiger partial charge in [-0.05, 0) is 37.3 Å². The zero-order chi connectivity index (χ0) is 28.4. The van der Waals surface area contributed by atoms with Gasteiger partial charge in [-0.1, -0.05) is 43.1 Å². The van der Waals surface area contributed by atoms with E-state index in [2.05, 4.69) is 5.32 Å². The van der Waals surface area contributed by atoms with Gasteiger partial charge in [0.2, 0.25) is 11.8 Å². The summed E-state index contributed by atoms with van der Waals surface area (Å²) in [5.74, 6) is -4.09. The molecule has 1 aromatic carbocycles. The minimum Gasteiger partial charge on any atom is -0.481 e. The molecule has 38 heavy (non-hydrogen) atoms. The van der Waals surface area contributed by atoms with Crippen LogP contribution in [0.3, 0.4) is 0 Å². The topological polar surface area (TPSA) is 133 Å². The van der Waals surface area contributed by atoms with Crippen molar-refractivity contribution in [1.29, 1.82) is 0 Å². The quantitative estimate of drug-likeness (QED) is 0.480. The molecule has 0 saturated heterocycles. The molecule has 10 nitrogen and oxygen atoms in total. The summed E-state index contributed by atoms with van der Waals surface area (Å²) < 4.78 is 4.78. The van der Waals surface area contributed by atoms with E-state index >= 15 is 0 Å². The van der Waals surface area contributed by atoms with Crippen LogP contribution in [0.5, 0.6) is 0 Å². The maximum absolute atomic E-state index is 13.1. The number of hydrogen-bond donors (Lipinski definition) is 2. The fraction of sp³-hybridized carbons (Fsp3) is 0.423. The summed E-state index contributed by atoms with van der Waals surface area (Å²) in [5.41, 5.74) is -1.91. The van der Waals surface area contributed by atoms with Gasteiger partial charge in [-0.15, -0.1) is 0 Å². The van der Waals surface area contributed by atoms with Crippen molar-refractivity contribution in [3.8, 4) is 0 Å². The minimum atomic E-state index is -1.30. The summed E-state index contributed by atoms with van der Waals surface area (Å²) in [6.07, 6.45) is 5.49. The first-order valence-electron chi connectivity index (χ1n) is 11.8. The van der Waals surface area contributed by atoms with Crippen LogP contribution in [-0.2, 0) is 23.9 Å². The molecule has 1 aliphatic heterocycles. The molecule has 204 valence electrons. The van der Waals surface area contributed by atoms with Crippen molar-refractivity contribution in [1.82, 2.24) is 15.1 Å². The maximum atomic E-state index is 13.1. The lowest BCUT2D eigenvalue weighted by atomic mass is 9.65. The Morgan fingerprint density at radius 3 is 2.11 bits per heavy atom. The van der Waals surface area contributed by atoms with E-state index in [1.54, 1.807) is 26.8 Å². The molecule has 1 aliphatic carbocycles. The van der Waals surface area contributed by atoms with E-state index in [0.29, 0.717) is 12.8 Å². The Morgan fingerprint density at radius 2 is 1.61 bits per heavy atom. The van der Waals surface area contributed by atoms with E-state index in [4.69, 9.17) is 27.9 Å². The van der Waals surface area contributed by atoms with Crippen LogP contribution >= 0.6 is 23.2 Å². The molecule has 3 atom stereocenters. The number of benzene rings is 1. The highest BCUT2D eigenvalue weighted by Gasteiger charge is 2.58. The molecule has 1 heterocycles. The minimum absolute atomic E-state index is 0.104. The zero-order valence-corrected chi connectivity index (χ0v) is 22.9. The van der Waals surface area contributed by atoms with Gasteiger partial charge in [0, 0.05) is 30.7 Å². The highest BCUT2D eigenvalue weighted by molar-refractivity contribution is 6.39. The fourth-order valence-corrected chi connectivity index (χ4v) is 5.31. The first-order chi connectivity index (χ1) is 17.7. The number of nitrogens with one attached hydrogen (secondary N) is 1. The fourth-order valence-electron chi connectivity index (χ4n) is 4.75. The Bertz CT molecular complexity index is 1190. The maximum Gasteiger partial charge on any atom is 0.328 e. The number of carbonyl (C=O) groups is 5. The average molecular weight is 566 g/mol. The molecule has 0 radical (unpaired) electrons. The van der Waals surface area contributed by atoms with Crippen molar-refractivity contribution in [2.75, 3.05) is 7.11 Å². The van der Waals surface area contributed by atoms with Crippen LogP contribution in [0, 0.1) is 16.7 Å². The Labute approximate surface area is 230 Å². The summed E-state index contributed by atoms with van der Waals surface area (Å²) in [7, 11) is 1.14. The van der Waals surface area contributed by atoms with Crippen molar-refractivity contribution in [3.05, 3.63) is 58.6 Å². The summed E-state index contributed by atoms with van der Waals surface area (Å²) in [5, 5.41) is 12.6. The van der Waals surface area contributed by atoms with E-state index in [-0.39, 0.29) is 15.6 Å². The van der Waals surface area contributed by atoms with E-state index in [9.17, 15) is 29.1 Å². The second kappa shape index (κ2) is 11.2. The molecule has 1 aromatic rings. The van der Waals surface area contributed by atoms with Crippen molar-refractivity contribution in [3.63, 3.8) is 0 Å². The summed E-state index contributed by atoms with van der Waals surface area (Å²) in [6.45, 7) is 5.03. The number of carbonyl (C=O) groups excluding carboxylic acids is 4.